The van der Waals surface area contributed by atoms with Crippen molar-refractivity contribution in [3.05, 3.63) is 0 Å². The summed E-state index contributed by atoms with van der Waals surface area (Å²) in [5.74, 6) is -1.11. The van der Waals surface area contributed by atoms with E-state index in [0.717, 1.165) is 19.3 Å². The third-order valence-corrected chi connectivity index (χ3v) is 10.4. The number of carbonyl (C=O) groups excluding carboxylic acids is 2. The van der Waals surface area contributed by atoms with Crippen molar-refractivity contribution in [3.8, 4) is 0 Å². The van der Waals surface area contributed by atoms with Gasteiger partial charge in [0, 0.05) is 13.3 Å². The normalized spacial score (nSPS) is 28.9. The van der Waals surface area contributed by atoms with E-state index >= 15 is 0 Å². The van der Waals surface area contributed by atoms with Crippen LogP contribution in [0.15, 0.2) is 0 Å². The second kappa shape index (κ2) is 29.7. The third-order valence-electron chi connectivity index (χ3n) is 10.4. The highest BCUT2D eigenvalue weighted by atomic mass is 16.7. The van der Waals surface area contributed by atoms with Gasteiger partial charge >= 0.3 is 11.9 Å². The Morgan fingerprint density at radius 3 is 1.42 bits per heavy atom. The molecule has 0 bridgehead atoms. The van der Waals surface area contributed by atoms with Crippen molar-refractivity contribution in [2.45, 2.75) is 216 Å². The van der Waals surface area contributed by atoms with Gasteiger partial charge in [-0.2, -0.15) is 0 Å². The van der Waals surface area contributed by atoms with Crippen molar-refractivity contribution in [3.63, 3.8) is 0 Å². The zero-order valence-corrected chi connectivity index (χ0v) is 33.4. The second-order valence-electron chi connectivity index (χ2n) is 15.3. The molecular weight excluding hydrogens is 720 g/mol. The predicted octanol–water partition coefficient (Wildman–Crippen LogP) is 3.31. The maximum atomic E-state index is 12.6. The Labute approximate surface area is 328 Å². The van der Waals surface area contributed by atoms with Crippen molar-refractivity contribution in [1.82, 2.24) is 0 Å². The molecule has 0 aliphatic carbocycles. The van der Waals surface area contributed by atoms with Crippen molar-refractivity contribution in [2.24, 2.45) is 0 Å². The maximum absolute atomic E-state index is 12.6. The molecule has 2 heterocycles. The van der Waals surface area contributed by atoms with Gasteiger partial charge in [0.15, 0.2) is 18.7 Å². The summed E-state index contributed by atoms with van der Waals surface area (Å²) < 4.78 is 32.5. The van der Waals surface area contributed by atoms with E-state index in [1.165, 1.54) is 110 Å². The van der Waals surface area contributed by atoms with Crippen LogP contribution in [0.25, 0.3) is 0 Å². The summed E-state index contributed by atoms with van der Waals surface area (Å²) in [7, 11) is 0. The number of esters is 2. The highest BCUT2D eigenvalue weighted by molar-refractivity contribution is 5.69. The standard InChI is InChI=1S/C40H74O15/c1-3-4-5-6-7-8-9-10-11-12-13-14-15-16-17-18-19-20-21-22-23-32(43)53-29(25-50-28(2)42)26-51-39-38(49)36(47)34(45)31(55-39)27-52-40-37(48)35(46)33(44)30(24-41)54-40/h29-31,33-41,44-49H,3-27H2,1-2H3. The average Bonchev–Trinajstić information content (AvgIpc) is 3.17. The van der Waals surface area contributed by atoms with Gasteiger partial charge in [0.2, 0.25) is 0 Å². The van der Waals surface area contributed by atoms with E-state index in [0.29, 0.717) is 6.42 Å². The van der Waals surface area contributed by atoms with Crippen LogP contribution in [-0.2, 0) is 38.0 Å². The van der Waals surface area contributed by atoms with Gasteiger partial charge in [-0.1, -0.05) is 129 Å². The first-order valence-electron chi connectivity index (χ1n) is 21.1. The van der Waals surface area contributed by atoms with E-state index in [9.17, 15) is 45.3 Å². The third kappa shape index (κ3) is 20.2. The Bertz CT molecular complexity index is 986. The Kier molecular flexibility index (Phi) is 26.8. The summed E-state index contributed by atoms with van der Waals surface area (Å²) in [4.78, 5) is 24.1. The number of aliphatic hydroxyl groups excluding tert-OH is 7. The van der Waals surface area contributed by atoms with Gasteiger partial charge in [0.25, 0.3) is 0 Å². The lowest BCUT2D eigenvalue weighted by Gasteiger charge is -2.42. The van der Waals surface area contributed by atoms with E-state index in [-0.39, 0.29) is 19.6 Å². The molecule has 324 valence electrons. The number of aliphatic hydroxyl groups is 7. The minimum absolute atomic E-state index is 0.167. The first-order valence-corrected chi connectivity index (χ1v) is 21.1. The largest absolute Gasteiger partial charge is 0.462 e. The minimum atomic E-state index is -1.75. The zero-order valence-electron chi connectivity index (χ0n) is 33.4. The molecule has 2 aliphatic rings. The van der Waals surface area contributed by atoms with E-state index in [2.05, 4.69) is 6.92 Å². The molecule has 0 aromatic carbocycles. The van der Waals surface area contributed by atoms with Gasteiger partial charge in [-0.05, 0) is 6.42 Å². The van der Waals surface area contributed by atoms with Crippen LogP contribution in [0.5, 0.6) is 0 Å². The SMILES string of the molecule is CCCCCCCCCCCCCCCCCCCCCCC(=O)OC(COC(C)=O)COC1OC(COC2OC(CO)C(O)C(O)C2O)C(O)C(O)C1O. The van der Waals surface area contributed by atoms with Crippen LogP contribution in [-0.4, -0.2) is 142 Å². The zero-order chi connectivity index (χ0) is 40.4. The lowest BCUT2D eigenvalue weighted by molar-refractivity contribution is -0.332. The molecule has 0 aromatic rings. The summed E-state index contributed by atoms with van der Waals surface area (Å²) in [6.07, 6.45) is 8.48. The van der Waals surface area contributed by atoms with Crippen LogP contribution in [0, 0.1) is 0 Å². The van der Waals surface area contributed by atoms with Gasteiger partial charge in [0.1, 0.15) is 55.4 Å². The fourth-order valence-electron chi connectivity index (χ4n) is 6.88. The molecule has 11 atom stereocenters. The van der Waals surface area contributed by atoms with Crippen molar-refractivity contribution in [1.29, 1.82) is 0 Å². The van der Waals surface area contributed by atoms with Crippen LogP contribution in [0.2, 0.25) is 0 Å². The predicted molar refractivity (Wildman–Crippen MR) is 201 cm³/mol. The molecule has 7 N–H and O–H groups in total. The molecule has 11 unspecified atom stereocenters. The summed E-state index contributed by atoms with van der Waals surface area (Å²) >= 11 is 0. The summed E-state index contributed by atoms with van der Waals surface area (Å²) in [5.41, 5.74) is 0. The van der Waals surface area contributed by atoms with E-state index in [4.69, 9.17) is 28.4 Å². The summed E-state index contributed by atoms with van der Waals surface area (Å²) in [6.45, 7) is 1.55. The van der Waals surface area contributed by atoms with Gasteiger partial charge in [-0.15, -0.1) is 0 Å². The van der Waals surface area contributed by atoms with E-state index < -0.39 is 92.7 Å². The van der Waals surface area contributed by atoms with Crippen LogP contribution < -0.4 is 0 Å². The smallest absolute Gasteiger partial charge is 0.306 e. The Hall–Kier alpha value is -1.50. The summed E-state index contributed by atoms with van der Waals surface area (Å²) in [5, 5.41) is 71.0. The molecule has 0 radical (unpaired) electrons. The van der Waals surface area contributed by atoms with Crippen LogP contribution >= 0.6 is 0 Å². The van der Waals surface area contributed by atoms with Gasteiger partial charge < -0.3 is 64.2 Å². The molecule has 15 nitrogen and oxygen atoms in total. The Balaban J connectivity index is 1.62. The van der Waals surface area contributed by atoms with Crippen LogP contribution in [0.4, 0.5) is 0 Å². The first-order chi connectivity index (χ1) is 26.5. The second-order valence-corrected chi connectivity index (χ2v) is 15.3. The monoisotopic (exact) mass is 795 g/mol. The quantitative estimate of drug-likeness (QED) is 0.0394. The topological polar surface area (TPSA) is 231 Å². The molecule has 2 saturated heterocycles. The lowest BCUT2D eigenvalue weighted by Crippen LogP contribution is -2.61. The fourth-order valence-corrected chi connectivity index (χ4v) is 6.88. The Morgan fingerprint density at radius 1 is 0.545 bits per heavy atom. The van der Waals surface area contributed by atoms with Crippen molar-refractivity contribution < 1.29 is 73.8 Å². The Morgan fingerprint density at radius 2 is 0.964 bits per heavy atom. The first kappa shape index (κ1) is 49.6. The highest BCUT2D eigenvalue weighted by Gasteiger charge is 2.47. The molecule has 2 rings (SSSR count). The molecule has 0 saturated carbocycles. The molecule has 0 amide bonds. The molecule has 15 heteroatoms. The highest BCUT2D eigenvalue weighted by Crippen LogP contribution is 2.26. The van der Waals surface area contributed by atoms with Crippen LogP contribution in [0.3, 0.4) is 0 Å². The number of carbonyl (C=O) groups is 2. The minimum Gasteiger partial charge on any atom is -0.462 e. The molecule has 0 aromatic heterocycles. The number of ether oxygens (including phenoxy) is 6. The molecule has 2 aliphatic heterocycles. The number of rotatable bonds is 31. The van der Waals surface area contributed by atoms with Crippen LogP contribution in [0.1, 0.15) is 149 Å². The fraction of sp³-hybridized carbons (Fsp3) is 0.950. The van der Waals surface area contributed by atoms with Gasteiger partial charge in [0.05, 0.1) is 19.8 Å². The average molecular weight is 795 g/mol. The molecule has 2 fully saturated rings. The summed E-state index contributed by atoms with van der Waals surface area (Å²) in [6, 6.07) is 0. The number of unbranched alkanes of at least 4 members (excludes halogenated alkanes) is 19. The van der Waals surface area contributed by atoms with Gasteiger partial charge in [-0.25, -0.2) is 0 Å². The number of hydrogen-bond donors (Lipinski definition) is 7. The van der Waals surface area contributed by atoms with Crippen molar-refractivity contribution >= 4 is 11.9 Å². The maximum Gasteiger partial charge on any atom is 0.306 e. The molecule has 0 spiro atoms. The van der Waals surface area contributed by atoms with E-state index in [1.807, 2.05) is 0 Å². The molecular formula is C40H74O15. The lowest BCUT2D eigenvalue weighted by atomic mass is 9.98. The number of hydrogen-bond acceptors (Lipinski definition) is 15. The van der Waals surface area contributed by atoms with Gasteiger partial charge in [-0.3, -0.25) is 9.59 Å². The van der Waals surface area contributed by atoms with E-state index in [1.54, 1.807) is 0 Å². The molecule has 55 heavy (non-hydrogen) atoms. The van der Waals surface area contributed by atoms with Crippen molar-refractivity contribution in [2.75, 3.05) is 26.4 Å².